The minimum absolute atomic E-state index is 0.147. The van der Waals surface area contributed by atoms with E-state index >= 15 is 0 Å². The van der Waals surface area contributed by atoms with Gasteiger partial charge in [-0.3, -0.25) is 4.79 Å². The molecule has 0 radical (unpaired) electrons. The lowest BCUT2D eigenvalue weighted by atomic mass is 9.87. The Morgan fingerprint density at radius 1 is 1.33 bits per heavy atom. The van der Waals surface area contributed by atoms with Crippen LogP contribution < -0.4 is 10.7 Å². The number of carbonyl (C=O) groups excluding carboxylic acids is 1. The Hall–Kier alpha value is -3.03. The third-order valence-corrected chi connectivity index (χ3v) is 5.23. The van der Waals surface area contributed by atoms with E-state index in [1.807, 2.05) is 30.3 Å². The highest BCUT2D eigenvalue weighted by atomic mass is 16.4. The van der Waals surface area contributed by atoms with E-state index in [1.165, 1.54) is 17.6 Å². The zero-order valence-electron chi connectivity index (χ0n) is 14.6. The van der Waals surface area contributed by atoms with Gasteiger partial charge in [0.05, 0.1) is 36.0 Å². The Bertz CT molecular complexity index is 1150. The molecule has 0 spiro atoms. The summed E-state index contributed by atoms with van der Waals surface area (Å²) in [5, 5.41) is 32.8. The van der Waals surface area contributed by atoms with E-state index in [2.05, 4.69) is 4.98 Å². The third-order valence-electron chi connectivity index (χ3n) is 5.23. The number of rotatable bonds is 4. The SMILES string of the molecule is CCC(O)(C(=O)[O-])c1cc2n(c(=O)c1CO)Cc1cc3ccccc3nc1-2. The van der Waals surface area contributed by atoms with E-state index in [0.29, 0.717) is 11.4 Å². The number of hydrogen-bond acceptors (Lipinski definition) is 6. The first-order valence-corrected chi connectivity index (χ1v) is 8.61. The fourth-order valence-corrected chi connectivity index (χ4v) is 3.68. The van der Waals surface area contributed by atoms with Crippen LogP contribution in [0.2, 0.25) is 0 Å². The fraction of sp³-hybridized carbons (Fsp3) is 0.250. The average molecular weight is 365 g/mol. The van der Waals surface area contributed by atoms with Crippen molar-refractivity contribution in [3.05, 3.63) is 63.4 Å². The van der Waals surface area contributed by atoms with Gasteiger partial charge in [0.15, 0.2) is 0 Å². The second-order valence-corrected chi connectivity index (χ2v) is 6.66. The van der Waals surface area contributed by atoms with Crippen LogP contribution in [0.1, 0.15) is 30.0 Å². The molecule has 2 N–H and O–H groups in total. The van der Waals surface area contributed by atoms with Gasteiger partial charge in [0, 0.05) is 22.1 Å². The van der Waals surface area contributed by atoms with Crippen LogP contribution in [-0.2, 0) is 23.5 Å². The lowest BCUT2D eigenvalue weighted by molar-refractivity contribution is -0.326. The summed E-state index contributed by atoms with van der Waals surface area (Å²) >= 11 is 0. The zero-order chi connectivity index (χ0) is 19.3. The number of aliphatic carboxylic acids is 1. The van der Waals surface area contributed by atoms with Gasteiger partial charge in [0.2, 0.25) is 0 Å². The van der Waals surface area contributed by atoms with E-state index in [-0.39, 0.29) is 24.1 Å². The molecule has 0 fully saturated rings. The second kappa shape index (κ2) is 6.00. The summed E-state index contributed by atoms with van der Waals surface area (Å²) in [7, 11) is 0. The number of para-hydroxylation sites is 1. The summed E-state index contributed by atoms with van der Waals surface area (Å²) in [5.41, 5.74) is -0.659. The molecule has 7 heteroatoms. The Morgan fingerprint density at radius 2 is 2.07 bits per heavy atom. The number of pyridine rings is 2. The Kier molecular flexibility index (Phi) is 3.87. The van der Waals surface area contributed by atoms with E-state index in [4.69, 9.17) is 0 Å². The van der Waals surface area contributed by atoms with Crippen molar-refractivity contribution in [2.24, 2.45) is 0 Å². The van der Waals surface area contributed by atoms with Crippen LogP contribution in [0.3, 0.4) is 0 Å². The zero-order valence-corrected chi connectivity index (χ0v) is 14.6. The molecule has 0 amide bonds. The van der Waals surface area contributed by atoms with Crippen molar-refractivity contribution in [1.82, 2.24) is 9.55 Å². The number of aliphatic hydroxyl groups is 2. The second-order valence-electron chi connectivity index (χ2n) is 6.66. The molecular formula is C20H17N2O5-. The minimum Gasteiger partial charge on any atom is -0.547 e. The van der Waals surface area contributed by atoms with Gasteiger partial charge in [-0.15, -0.1) is 0 Å². The molecule has 0 aliphatic carbocycles. The maximum Gasteiger partial charge on any atom is 0.257 e. The fourth-order valence-electron chi connectivity index (χ4n) is 3.68. The minimum atomic E-state index is -2.37. The van der Waals surface area contributed by atoms with Crippen molar-refractivity contribution >= 4 is 16.9 Å². The summed E-state index contributed by atoms with van der Waals surface area (Å²) in [4.78, 5) is 29.1. The van der Waals surface area contributed by atoms with E-state index in [9.17, 15) is 24.9 Å². The highest BCUT2D eigenvalue weighted by Gasteiger charge is 2.35. The molecule has 7 nitrogen and oxygen atoms in total. The molecule has 2 aromatic heterocycles. The van der Waals surface area contributed by atoms with Crippen LogP contribution in [0.25, 0.3) is 22.3 Å². The van der Waals surface area contributed by atoms with E-state index < -0.39 is 23.7 Å². The third kappa shape index (κ3) is 2.39. The van der Waals surface area contributed by atoms with Crippen LogP contribution in [-0.4, -0.2) is 25.7 Å². The van der Waals surface area contributed by atoms with Crippen molar-refractivity contribution < 1.29 is 20.1 Å². The number of hydrogen-bond donors (Lipinski definition) is 2. The number of benzene rings is 1. The Morgan fingerprint density at radius 3 is 2.74 bits per heavy atom. The number of fused-ring (bicyclic) bond motifs is 4. The number of aromatic nitrogens is 2. The summed E-state index contributed by atoms with van der Waals surface area (Å²) in [6.07, 6.45) is -0.205. The maximum atomic E-state index is 12.9. The summed E-state index contributed by atoms with van der Waals surface area (Å²) in [6.45, 7) is 1.06. The molecule has 0 bridgehead atoms. The average Bonchev–Trinajstić information content (AvgIpc) is 3.03. The molecule has 1 aliphatic heterocycles. The normalized spacial score (nSPS) is 14.6. The molecule has 3 aromatic rings. The molecule has 0 saturated carbocycles. The first kappa shape index (κ1) is 17.4. The van der Waals surface area contributed by atoms with Crippen molar-refractivity contribution in [3.8, 4) is 11.4 Å². The van der Waals surface area contributed by atoms with Gasteiger partial charge in [-0.2, -0.15) is 0 Å². The van der Waals surface area contributed by atoms with Crippen LogP contribution in [0.5, 0.6) is 0 Å². The van der Waals surface area contributed by atoms with Gasteiger partial charge in [0.25, 0.3) is 5.56 Å². The van der Waals surface area contributed by atoms with Crippen molar-refractivity contribution in [2.45, 2.75) is 32.1 Å². The lowest BCUT2D eigenvalue weighted by Gasteiger charge is -2.30. The van der Waals surface area contributed by atoms with Crippen molar-refractivity contribution in [2.75, 3.05) is 0 Å². The molecule has 138 valence electrons. The number of aliphatic hydroxyl groups excluding tert-OH is 1. The monoisotopic (exact) mass is 365 g/mol. The molecule has 3 heterocycles. The van der Waals surface area contributed by atoms with Crippen LogP contribution in [0.4, 0.5) is 0 Å². The van der Waals surface area contributed by atoms with Gasteiger partial charge in [0.1, 0.15) is 5.60 Å². The summed E-state index contributed by atoms with van der Waals surface area (Å²) in [5.74, 6) is -1.71. The van der Waals surface area contributed by atoms with Gasteiger partial charge in [-0.25, -0.2) is 4.98 Å². The van der Waals surface area contributed by atoms with Gasteiger partial charge in [-0.05, 0) is 24.6 Å². The van der Waals surface area contributed by atoms with Gasteiger partial charge in [-0.1, -0.05) is 25.1 Å². The van der Waals surface area contributed by atoms with Crippen molar-refractivity contribution in [1.29, 1.82) is 0 Å². The largest absolute Gasteiger partial charge is 0.547 e. The smallest absolute Gasteiger partial charge is 0.257 e. The molecule has 1 unspecified atom stereocenters. The topological polar surface area (TPSA) is 115 Å². The highest BCUT2D eigenvalue weighted by Crippen LogP contribution is 2.35. The molecule has 1 aliphatic rings. The van der Waals surface area contributed by atoms with E-state index in [0.717, 1.165) is 16.5 Å². The van der Waals surface area contributed by atoms with Gasteiger partial charge < -0.3 is 24.7 Å². The van der Waals surface area contributed by atoms with Crippen molar-refractivity contribution in [3.63, 3.8) is 0 Å². The quantitative estimate of drug-likeness (QED) is 0.536. The molecule has 1 atom stereocenters. The predicted molar refractivity (Wildman–Crippen MR) is 95.7 cm³/mol. The highest BCUT2D eigenvalue weighted by molar-refractivity contribution is 5.84. The molecule has 1 aromatic carbocycles. The molecular weight excluding hydrogens is 348 g/mol. The summed E-state index contributed by atoms with van der Waals surface area (Å²) < 4.78 is 1.44. The number of carboxylic acid groups (broad SMARTS) is 1. The first-order chi connectivity index (χ1) is 12.9. The number of carboxylic acids is 1. The Balaban J connectivity index is 2.03. The molecule has 0 saturated heterocycles. The number of carbonyl (C=O) groups is 1. The predicted octanol–water partition coefficient (Wildman–Crippen LogP) is 0.265. The number of nitrogens with zero attached hydrogens (tertiary/aromatic N) is 2. The Labute approximate surface area is 154 Å². The van der Waals surface area contributed by atoms with Crippen LogP contribution >= 0.6 is 0 Å². The summed E-state index contributed by atoms with van der Waals surface area (Å²) in [6, 6.07) is 10.9. The molecule has 27 heavy (non-hydrogen) atoms. The van der Waals surface area contributed by atoms with Gasteiger partial charge >= 0.3 is 0 Å². The first-order valence-electron chi connectivity index (χ1n) is 8.61. The van der Waals surface area contributed by atoms with Crippen LogP contribution in [0, 0.1) is 0 Å². The van der Waals surface area contributed by atoms with Crippen LogP contribution in [0.15, 0.2) is 41.2 Å². The maximum absolute atomic E-state index is 12.9. The van der Waals surface area contributed by atoms with E-state index in [1.54, 1.807) is 0 Å². The molecule has 4 rings (SSSR count). The standard InChI is InChI=1S/C20H18N2O5/c1-2-20(27,19(25)26)14-8-16-17-12(9-22(16)18(24)13(14)10-23)7-11-5-3-4-6-15(11)21-17/h3-8,23,27H,2,9-10H2,1H3,(H,25,26)/p-1. The lowest BCUT2D eigenvalue weighted by Crippen LogP contribution is -2.47.